The van der Waals surface area contributed by atoms with Gasteiger partial charge in [0, 0.05) is 23.9 Å². The van der Waals surface area contributed by atoms with Gasteiger partial charge >= 0.3 is 6.18 Å². The van der Waals surface area contributed by atoms with Crippen molar-refractivity contribution in [1.29, 1.82) is 0 Å². The number of halogens is 3. The first kappa shape index (κ1) is 19.0. The minimum atomic E-state index is -4.49. The summed E-state index contributed by atoms with van der Waals surface area (Å²) in [7, 11) is 0. The van der Waals surface area contributed by atoms with E-state index < -0.39 is 23.2 Å². The summed E-state index contributed by atoms with van der Waals surface area (Å²) in [6, 6.07) is 16.0. The molecule has 0 aliphatic carbocycles. The Morgan fingerprint density at radius 1 is 1.10 bits per heavy atom. The Kier molecular flexibility index (Phi) is 4.53. The maximum absolute atomic E-state index is 12.9. The summed E-state index contributed by atoms with van der Waals surface area (Å²) in [5.74, 6) is -0.179. The molecule has 1 aliphatic heterocycles. The van der Waals surface area contributed by atoms with E-state index in [0.717, 1.165) is 28.8 Å². The second-order valence-corrected chi connectivity index (χ2v) is 7.05. The van der Waals surface area contributed by atoms with Crippen molar-refractivity contribution in [2.24, 2.45) is 0 Å². The van der Waals surface area contributed by atoms with E-state index in [-0.39, 0.29) is 12.1 Å². The molecule has 1 atom stereocenters. The second-order valence-electron chi connectivity index (χ2n) is 7.05. The molecule has 3 aromatic rings. The van der Waals surface area contributed by atoms with Crippen molar-refractivity contribution in [2.75, 3.05) is 5.32 Å². The summed E-state index contributed by atoms with van der Waals surface area (Å²) in [6.45, 7) is 1.60. The molecule has 29 heavy (non-hydrogen) atoms. The number of hydrogen-bond donors (Lipinski definition) is 1. The molecule has 0 radical (unpaired) electrons. The Morgan fingerprint density at radius 2 is 1.86 bits per heavy atom. The summed E-state index contributed by atoms with van der Waals surface area (Å²) >= 11 is 0. The van der Waals surface area contributed by atoms with Gasteiger partial charge < -0.3 is 10.1 Å². The van der Waals surface area contributed by atoms with Gasteiger partial charge in [-0.15, -0.1) is 0 Å². The molecule has 148 valence electrons. The Labute approximate surface area is 165 Å². The average Bonchev–Trinajstić information content (AvgIpc) is 3.06. The Morgan fingerprint density at radius 3 is 2.59 bits per heavy atom. The van der Waals surface area contributed by atoms with E-state index in [2.05, 4.69) is 10.3 Å². The number of anilines is 1. The van der Waals surface area contributed by atoms with Crippen molar-refractivity contribution in [1.82, 2.24) is 4.98 Å². The van der Waals surface area contributed by atoms with Gasteiger partial charge in [-0.05, 0) is 42.3 Å². The highest BCUT2D eigenvalue weighted by atomic mass is 19.4. The molecule has 1 unspecified atom stereocenters. The van der Waals surface area contributed by atoms with E-state index in [1.54, 1.807) is 13.1 Å². The molecular weight excluding hydrogens is 381 g/mol. The van der Waals surface area contributed by atoms with Gasteiger partial charge in [0.15, 0.2) is 5.60 Å². The number of pyridine rings is 1. The van der Waals surface area contributed by atoms with Crippen molar-refractivity contribution in [3.05, 3.63) is 78.0 Å². The van der Waals surface area contributed by atoms with Gasteiger partial charge in [-0.1, -0.05) is 36.4 Å². The van der Waals surface area contributed by atoms with E-state index in [0.29, 0.717) is 5.88 Å². The van der Waals surface area contributed by atoms with Gasteiger partial charge in [-0.3, -0.25) is 4.79 Å². The summed E-state index contributed by atoms with van der Waals surface area (Å²) in [6.07, 6.45) is -2.62. The molecule has 1 N–H and O–H groups in total. The zero-order chi connectivity index (χ0) is 20.6. The van der Waals surface area contributed by atoms with Crippen LogP contribution < -0.4 is 10.1 Å². The van der Waals surface area contributed by atoms with Crippen LogP contribution in [-0.2, 0) is 17.4 Å². The Bertz CT molecular complexity index is 1070. The topological polar surface area (TPSA) is 51.2 Å². The van der Waals surface area contributed by atoms with Crippen LogP contribution in [0, 0.1) is 0 Å². The first-order valence-corrected chi connectivity index (χ1v) is 8.97. The van der Waals surface area contributed by atoms with Crippen LogP contribution in [0.5, 0.6) is 5.88 Å². The molecule has 2 aromatic carbocycles. The van der Waals surface area contributed by atoms with Crippen molar-refractivity contribution >= 4 is 11.6 Å². The number of hydrogen-bond acceptors (Lipinski definition) is 3. The Hall–Kier alpha value is -3.35. The third-order valence-electron chi connectivity index (χ3n) is 4.87. The fourth-order valence-corrected chi connectivity index (χ4v) is 3.37. The van der Waals surface area contributed by atoms with E-state index in [1.807, 2.05) is 36.4 Å². The molecule has 4 nitrogen and oxygen atoms in total. The van der Waals surface area contributed by atoms with Gasteiger partial charge in [0.05, 0.1) is 5.56 Å². The number of nitrogens with one attached hydrogen (secondary N) is 1. The standard InChI is InChI=1S/C22H17F3N2O2/c1-21(20(28)27-16-9-5-8-15(12-16)22(23,24)25)13-18-17(10-11-26-19(18)29-21)14-6-3-2-4-7-14/h2-12H,13H2,1H3,(H,27,28). The van der Waals surface area contributed by atoms with E-state index in [1.165, 1.54) is 12.1 Å². The molecule has 0 bridgehead atoms. The SMILES string of the molecule is CC1(C(=O)Nc2cccc(C(F)(F)F)c2)Cc2c(-c3ccccc3)ccnc2O1. The third-order valence-corrected chi connectivity index (χ3v) is 4.87. The fraction of sp³-hybridized carbons (Fsp3) is 0.182. The molecule has 7 heteroatoms. The first-order valence-electron chi connectivity index (χ1n) is 8.97. The van der Waals surface area contributed by atoms with Crippen LogP contribution in [0.25, 0.3) is 11.1 Å². The minimum Gasteiger partial charge on any atom is -0.461 e. The van der Waals surface area contributed by atoms with Gasteiger partial charge in [0.2, 0.25) is 5.88 Å². The third kappa shape index (κ3) is 3.68. The number of rotatable bonds is 3. The normalized spacial score (nSPS) is 18.1. The number of amides is 1. The summed E-state index contributed by atoms with van der Waals surface area (Å²) < 4.78 is 44.6. The summed E-state index contributed by atoms with van der Waals surface area (Å²) in [5, 5.41) is 2.54. The lowest BCUT2D eigenvalue weighted by atomic mass is 9.93. The van der Waals surface area contributed by atoms with Crippen LogP contribution in [0.2, 0.25) is 0 Å². The number of nitrogens with zero attached hydrogens (tertiary/aromatic N) is 1. The second kappa shape index (κ2) is 6.92. The number of aromatic nitrogens is 1. The number of carbonyl (C=O) groups excluding carboxylic acids is 1. The summed E-state index contributed by atoms with van der Waals surface area (Å²) in [4.78, 5) is 17.1. The molecule has 1 aromatic heterocycles. The average molecular weight is 398 g/mol. The van der Waals surface area contributed by atoms with Crippen LogP contribution in [-0.4, -0.2) is 16.5 Å². The molecule has 1 amide bonds. The molecule has 4 rings (SSSR count). The highest BCUT2D eigenvalue weighted by Gasteiger charge is 2.44. The number of fused-ring (bicyclic) bond motifs is 1. The van der Waals surface area contributed by atoms with Gasteiger partial charge in [-0.2, -0.15) is 13.2 Å². The lowest BCUT2D eigenvalue weighted by Gasteiger charge is -2.22. The zero-order valence-corrected chi connectivity index (χ0v) is 15.5. The lowest BCUT2D eigenvalue weighted by Crippen LogP contribution is -2.44. The molecule has 0 spiro atoms. The monoisotopic (exact) mass is 398 g/mol. The van der Waals surface area contributed by atoms with E-state index >= 15 is 0 Å². The van der Waals surface area contributed by atoms with Crippen LogP contribution in [0.4, 0.5) is 18.9 Å². The van der Waals surface area contributed by atoms with Gasteiger partial charge in [-0.25, -0.2) is 4.98 Å². The number of ether oxygens (including phenoxy) is 1. The van der Waals surface area contributed by atoms with Gasteiger partial charge in [0.1, 0.15) is 0 Å². The fourth-order valence-electron chi connectivity index (χ4n) is 3.37. The smallest absolute Gasteiger partial charge is 0.416 e. The zero-order valence-electron chi connectivity index (χ0n) is 15.5. The van der Waals surface area contributed by atoms with Crippen LogP contribution in [0.1, 0.15) is 18.1 Å². The number of carbonyl (C=O) groups is 1. The maximum atomic E-state index is 12.9. The minimum absolute atomic E-state index is 0.0573. The van der Waals surface area contributed by atoms with Crippen molar-refractivity contribution in [2.45, 2.75) is 25.1 Å². The van der Waals surface area contributed by atoms with Crippen molar-refractivity contribution in [3.8, 4) is 17.0 Å². The van der Waals surface area contributed by atoms with Crippen LogP contribution >= 0.6 is 0 Å². The summed E-state index contributed by atoms with van der Waals surface area (Å²) in [5.41, 5.74) is 0.615. The Balaban J connectivity index is 1.59. The lowest BCUT2D eigenvalue weighted by molar-refractivity contribution is -0.137. The van der Waals surface area contributed by atoms with E-state index in [4.69, 9.17) is 4.74 Å². The molecule has 0 saturated carbocycles. The van der Waals surface area contributed by atoms with Gasteiger partial charge in [0.25, 0.3) is 5.91 Å². The highest BCUT2D eigenvalue weighted by molar-refractivity contribution is 5.98. The highest BCUT2D eigenvalue weighted by Crippen LogP contribution is 2.40. The quantitative estimate of drug-likeness (QED) is 0.668. The molecule has 2 heterocycles. The largest absolute Gasteiger partial charge is 0.461 e. The van der Waals surface area contributed by atoms with Crippen LogP contribution in [0.15, 0.2) is 66.9 Å². The molecule has 1 aliphatic rings. The molecule has 0 fully saturated rings. The first-order chi connectivity index (χ1) is 13.8. The predicted molar refractivity (Wildman–Crippen MR) is 102 cm³/mol. The molecular formula is C22H17F3N2O2. The maximum Gasteiger partial charge on any atom is 0.416 e. The number of alkyl halides is 3. The molecule has 0 saturated heterocycles. The predicted octanol–water partition coefficient (Wildman–Crippen LogP) is 5.10. The van der Waals surface area contributed by atoms with Crippen molar-refractivity contribution in [3.63, 3.8) is 0 Å². The van der Waals surface area contributed by atoms with Crippen molar-refractivity contribution < 1.29 is 22.7 Å². The van der Waals surface area contributed by atoms with Crippen LogP contribution in [0.3, 0.4) is 0 Å². The number of benzene rings is 2. The van der Waals surface area contributed by atoms with E-state index in [9.17, 15) is 18.0 Å².